The highest BCUT2D eigenvalue weighted by Crippen LogP contribution is 2.13. The smallest absolute Gasteiger partial charge is 0.239 e. The molecule has 1 aliphatic rings. The predicted octanol–water partition coefficient (Wildman–Crippen LogP) is 2.74. The molecule has 0 spiro atoms. The number of carbonyl (C=O) groups excluding carboxylic acids is 1. The summed E-state index contributed by atoms with van der Waals surface area (Å²) in [7, 11) is 1.69. The first-order valence-corrected chi connectivity index (χ1v) is 11.1. The van der Waals surface area contributed by atoms with Crippen molar-refractivity contribution in [2.75, 3.05) is 51.7 Å². The molecule has 1 aliphatic heterocycles. The Morgan fingerprint density at radius 1 is 0.938 bits per heavy atom. The summed E-state index contributed by atoms with van der Waals surface area (Å²) in [5.41, 5.74) is 2.47. The SMILES string of the molecule is COc1ccc(CCN2CCN(CC(=O)Nc3ccnn3Cc3ccccc3)CC2)cc1. The third-order valence-electron chi connectivity index (χ3n) is 5.87. The molecule has 32 heavy (non-hydrogen) atoms. The molecule has 2 aromatic carbocycles. The number of hydrogen-bond acceptors (Lipinski definition) is 5. The van der Waals surface area contributed by atoms with Crippen LogP contribution in [0.4, 0.5) is 5.82 Å². The second-order valence-electron chi connectivity index (χ2n) is 8.12. The van der Waals surface area contributed by atoms with E-state index in [4.69, 9.17) is 4.74 Å². The van der Waals surface area contributed by atoms with Crippen molar-refractivity contribution in [3.63, 3.8) is 0 Å². The van der Waals surface area contributed by atoms with E-state index >= 15 is 0 Å². The lowest BCUT2D eigenvalue weighted by Gasteiger charge is -2.34. The third kappa shape index (κ3) is 6.18. The fourth-order valence-electron chi connectivity index (χ4n) is 3.96. The number of rotatable bonds is 9. The molecule has 1 N–H and O–H groups in total. The summed E-state index contributed by atoms with van der Waals surface area (Å²) in [5.74, 6) is 1.63. The quantitative estimate of drug-likeness (QED) is 0.562. The second kappa shape index (κ2) is 10.9. The molecule has 0 saturated carbocycles. The third-order valence-corrected chi connectivity index (χ3v) is 5.87. The van der Waals surface area contributed by atoms with Gasteiger partial charge in [0.05, 0.1) is 26.4 Å². The Balaban J connectivity index is 1.19. The van der Waals surface area contributed by atoms with Crippen LogP contribution in [0.1, 0.15) is 11.1 Å². The van der Waals surface area contributed by atoms with Gasteiger partial charge >= 0.3 is 0 Å². The van der Waals surface area contributed by atoms with Crippen LogP contribution in [0.3, 0.4) is 0 Å². The molecule has 7 nitrogen and oxygen atoms in total. The zero-order valence-electron chi connectivity index (χ0n) is 18.6. The summed E-state index contributed by atoms with van der Waals surface area (Å²) in [4.78, 5) is 17.3. The van der Waals surface area contributed by atoms with Crippen LogP contribution in [0, 0.1) is 0 Å². The molecule has 3 aromatic rings. The normalized spacial score (nSPS) is 14.9. The summed E-state index contributed by atoms with van der Waals surface area (Å²) >= 11 is 0. The van der Waals surface area contributed by atoms with Crippen molar-refractivity contribution in [3.05, 3.63) is 78.0 Å². The highest BCUT2D eigenvalue weighted by atomic mass is 16.5. The Morgan fingerprint density at radius 2 is 1.66 bits per heavy atom. The van der Waals surface area contributed by atoms with Crippen LogP contribution in [0.2, 0.25) is 0 Å². The number of carbonyl (C=O) groups is 1. The number of hydrogen-bond donors (Lipinski definition) is 1. The fourth-order valence-corrected chi connectivity index (χ4v) is 3.96. The number of benzene rings is 2. The average molecular weight is 434 g/mol. The molecular formula is C25H31N5O2. The van der Waals surface area contributed by atoms with Crippen LogP contribution in [0.15, 0.2) is 66.9 Å². The van der Waals surface area contributed by atoms with E-state index in [-0.39, 0.29) is 5.91 Å². The first kappa shape index (κ1) is 22.0. The van der Waals surface area contributed by atoms with Crippen molar-refractivity contribution in [1.29, 1.82) is 0 Å². The van der Waals surface area contributed by atoms with Crippen LogP contribution in [0.5, 0.6) is 5.75 Å². The highest BCUT2D eigenvalue weighted by Gasteiger charge is 2.19. The minimum Gasteiger partial charge on any atom is -0.497 e. The number of aromatic nitrogens is 2. The van der Waals surface area contributed by atoms with Crippen molar-refractivity contribution in [2.24, 2.45) is 0 Å². The first-order valence-electron chi connectivity index (χ1n) is 11.1. The van der Waals surface area contributed by atoms with Crippen LogP contribution in [-0.4, -0.2) is 71.9 Å². The summed E-state index contributed by atoms with van der Waals surface area (Å²) < 4.78 is 7.04. The molecule has 1 fully saturated rings. The van der Waals surface area contributed by atoms with Crippen molar-refractivity contribution in [2.45, 2.75) is 13.0 Å². The molecule has 0 unspecified atom stereocenters. The van der Waals surface area contributed by atoms with E-state index in [1.165, 1.54) is 5.56 Å². The molecule has 0 radical (unpaired) electrons. The van der Waals surface area contributed by atoms with E-state index in [2.05, 4.69) is 44.5 Å². The van der Waals surface area contributed by atoms with E-state index in [0.717, 1.165) is 56.3 Å². The van der Waals surface area contributed by atoms with Gasteiger partial charge in [-0.2, -0.15) is 5.10 Å². The Hall–Kier alpha value is -3.16. The summed E-state index contributed by atoms with van der Waals surface area (Å²) in [6.45, 7) is 5.84. The number of nitrogens with zero attached hydrogens (tertiary/aromatic N) is 4. The molecule has 1 saturated heterocycles. The summed E-state index contributed by atoms with van der Waals surface area (Å²) in [5, 5.41) is 7.37. The zero-order valence-corrected chi connectivity index (χ0v) is 18.6. The van der Waals surface area contributed by atoms with Crippen molar-refractivity contribution >= 4 is 11.7 Å². The van der Waals surface area contributed by atoms with Gasteiger partial charge in [0.15, 0.2) is 0 Å². The second-order valence-corrected chi connectivity index (χ2v) is 8.12. The number of piperazine rings is 1. The maximum Gasteiger partial charge on any atom is 0.239 e. The van der Waals surface area contributed by atoms with E-state index in [1.54, 1.807) is 13.3 Å². The van der Waals surface area contributed by atoms with Gasteiger partial charge < -0.3 is 15.0 Å². The van der Waals surface area contributed by atoms with Crippen molar-refractivity contribution in [1.82, 2.24) is 19.6 Å². The van der Waals surface area contributed by atoms with Crippen LogP contribution >= 0.6 is 0 Å². The number of methoxy groups -OCH3 is 1. The summed E-state index contributed by atoms with van der Waals surface area (Å²) in [6.07, 6.45) is 2.75. The minimum atomic E-state index is 0.00601. The molecule has 0 aliphatic carbocycles. The predicted molar refractivity (Wildman–Crippen MR) is 126 cm³/mol. The minimum absolute atomic E-state index is 0.00601. The number of anilines is 1. The van der Waals surface area contributed by atoms with E-state index in [0.29, 0.717) is 13.1 Å². The van der Waals surface area contributed by atoms with Gasteiger partial charge in [0.2, 0.25) is 5.91 Å². The van der Waals surface area contributed by atoms with Gasteiger partial charge in [-0.15, -0.1) is 0 Å². The van der Waals surface area contributed by atoms with Gasteiger partial charge in [0.1, 0.15) is 11.6 Å². The van der Waals surface area contributed by atoms with E-state index in [1.807, 2.05) is 41.1 Å². The summed E-state index contributed by atoms with van der Waals surface area (Å²) in [6, 6.07) is 20.2. The number of amides is 1. The largest absolute Gasteiger partial charge is 0.497 e. The Kier molecular flexibility index (Phi) is 7.53. The van der Waals surface area contributed by atoms with Gasteiger partial charge in [-0.1, -0.05) is 42.5 Å². The van der Waals surface area contributed by atoms with Crippen LogP contribution in [-0.2, 0) is 17.8 Å². The van der Waals surface area contributed by atoms with E-state index < -0.39 is 0 Å². The Bertz CT molecular complexity index is 979. The van der Waals surface area contributed by atoms with Crippen molar-refractivity contribution in [3.8, 4) is 5.75 Å². The Morgan fingerprint density at radius 3 is 2.38 bits per heavy atom. The number of ether oxygens (including phenoxy) is 1. The maximum atomic E-state index is 12.6. The first-order chi connectivity index (χ1) is 15.7. The van der Waals surface area contributed by atoms with Gasteiger partial charge in [-0.25, -0.2) is 4.68 Å². The topological polar surface area (TPSA) is 62.6 Å². The number of nitrogens with one attached hydrogen (secondary N) is 1. The van der Waals surface area contributed by atoms with Gasteiger partial charge in [0, 0.05) is 38.8 Å². The highest BCUT2D eigenvalue weighted by molar-refractivity contribution is 5.91. The standard InChI is InChI=1S/C25H31N5O2/c1-32-23-9-7-21(8-10-23)12-14-28-15-17-29(18-16-28)20-25(31)27-24-11-13-26-30(24)19-22-5-3-2-4-6-22/h2-11,13H,12,14-20H2,1H3,(H,27,31). The fraction of sp³-hybridized carbons (Fsp3) is 0.360. The van der Waals surface area contributed by atoms with Gasteiger partial charge in [-0.05, 0) is 29.7 Å². The molecule has 0 bridgehead atoms. The van der Waals surface area contributed by atoms with Crippen LogP contribution in [0.25, 0.3) is 0 Å². The molecule has 1 aromatic heterocycles. The molecule has 0 atom stereocenters. The average Bonchev–Trinajstić information content (AvgIpc) is 3.25. The van der Waals surface area contributed by atoms with Gasteiger partial charge in [-0.3, -0.25) is 9.69 Å². The lowest BCUT2D eigenvalue weighted by atomic mass is 10.1. The lowest BCUT2D eigenvalue weighted by Crippen LogP contribution is -2.49. The molecule has 1 amide bonds. The zero-order chi connectivity index (χ0) is 22.2. The molecule has 4 rings (SSSR count). The maximum absolute atomic E-state index is 12.6. The van der Waals surface area contributed by atoms with Crippen LogP contribution < -0.4 is 10.1 Å². The molecule has 168 valence electrons. The van der Waals surface area contributed by atoms with Gasteiger partial charge in [0.25, 0.3) is 0 Å². The molecule has 7 heteroatoms. The molecular weight excluding hydrogens is 402 g/mol. The van der Waals surface area contributed by atoms with E-state index in [9.17, 15) is 4.79 Å². The van der Waals surface area contributed by atoms with Crippen molar-refractivity contribution < 1.29 is 9.53 Å². The molecule has 2 heterocycles. The monoisotopic (exact) mass is 433 g/mol. The lowest BCUT2D eigenvalue weighted by molar-refractivity contribution is -0.117. The Labute approximate surface area is 189 Å².